The molecular formula is C12H15Cl2NO2. The summed E-state index contributed by atoms with van der Waals surface area (Å²) >= 11 is 11.8. The van der Waals surface area contributed by atoms with Crippen molar-refractivity contribution in [3.05, 3.63) is 28.2 Å². The number of nitrogens with zero attached hydrogens (tertiary/aromatic N) is 1. The minimum atomic E-state index is 0.0887. The van der Waals surface area contributed by atoms with Crippen molar-refractivity contribution in [2.45, 2.75) is 12.8 Å². The monoisotopic (exact) mass is 275 g/mol. The van der Waals surface area contributed by atoms with E-state index in [1.807, 2.05) is 0 Å². The number of carbonyl (C=O) groups is 1. The second kappa shape index (κ2) is 6.72. The van der Waals surface area contributed by atoms with Crippen LogP contribution in [0.25, 0.3) is 0 Å². The Morgan fingerprint density at radius 3 is 2.71 bits per heavy atom. The van der Waals surface area contributed by atoms with Gasteiger partial charge in [-0.3, -0.25) is 4.79 Å². The van der Waals surface area contributed by atoms with Gasteiger partial charge in [0.05, 0.1) is 11.6 Å². The Kier molecular flexibility index (Phi) is 5.59. The van der Waals surface area contributed by atoms with Crippen LogP contribution < -0.4 is 4.74 Å². The predicted octanol–water partition coefficient (Wildman–Crippen LogP) is 3.24. The smallest absolute Gasteiger partial charge is 0.222 e. The first kappa shape index (κ1) is 14.1. The summed E-state index contributed by atoms with van der Waals surface area (Å²) in [5.41, 5.74) is 0. The lowest BCUT2D eigenvalue weighted by Gasteiger charge is -2.11. The van der Waals surface area contributed by atoms with Gasteiger partial charge in [0.25, 0.3) is 0 Å². The van der Waals surface area contributed by atoms with Crippen LogP contribution in [0.3, 0.4) is 0 Å². The van der Waals surface area contributed by atoms with Crippen LogP contribution in [0.4, 0.5) is 0 Å². The highest BCUT2D eigenvalue weighted by Crippen LogP contribution is 2.27. The Balaban J connectivity index is 2.36. The highest BCUT2D eigenvalue weighted by molar-refractivity contribution is 6.34. The molecule has 0 fully saturated rings. The molecule has 1 aromatic carbocycles. The molecule has 0 bridgehead atoms. The molecule has 0 saturated carbocycles. The van der Waals surface area contributed by atoms with Crippen molar-refractivity contribution in [2.24, 2.45) is 0 Å². The van der Waals surface area contributed by atoms with Gasteiger partial charge in [-0.2, -0.15) is 0 Å². The molecule has 3 nitrogen and oxygen atoms in total. The molecule has 0 aliphatic heterocycles. The van der Waals surface area contributed by atoms with Crippen LogP contribution in [0, 0.1) is 0 Å². The number of amides is 1. The van der Waals surface area contributed by atoms with Gasteiger partial charge in [0.2, 0.25) is 5.91 Å². The summed E-state index contributed by atoms with van der Waals surface area (Å²) in [6.45, 7) is 0.444. The SMILES string of the molecule is CN(C)C(=O)CCCOc1cc(Cl)ccc1Cl. The molecule has 0 unspecified atom stereocenters. The van der Waals surface area contributed by atoms with Crippen LogP contribution in [-0.4, -0.2) is 31.5 Å². The fraction of sp³-hybridized carbons (Fsp3) is 0.417. The van der Waals surface area contributed by atoms with Crippen LogP contribution in [0.1, 0.15) is 12.8 Å². The van der Waals surface area contributed by atoms with Gasteiger partial charge in [0, 0.05) is 31.6 Å². The standard InChI is InChI=1S/C12H15Cl2NO2/c1-15(2)12(16)4-3-7-17-11-8-9(13)5-6-10(11)14/h5-6,8H,3-4,7H2,1-2H3. The van der Waals surface area contributed by atoms with Gasteiger partial charge in [-0.25, -0.2) is 0 Å². The van der Waals surface area contributed by atoms with E-state index in [1.54, 1.807) is 37.2 Å². The number of benzene rings is 1. The predicted molar refractivity (Wildman–Crippen MR) is 69.9 cm³/mol. The second-order valence-electron chi connectivity index (χ2n) is 3.81. The van der Waals surface area contributed by atoms with Gasteiger partial charge in [0.1, 0.15) is 5.75 Å². The first-order valence-corrected chi connectivity index (χ1v) is 6.04. The zero-order valence-electron chi connectivity index (χ0n) is 9.87. The Morgan fingerprint density at radius 1 is 1.35 bits per heavy atom. The quantitative estimate of drug-likeness (QED) is 0.773. The van der Waals surface area contributed by atoms with E-state index in [-0.39, 0.29) is 5.91 Å². The first-order chi connectivity index (χ1) is 8.00. The molecule has 0 heterocycles. The molecule has 0 radical (unpaired) electrons. The molecule has 0 spiro atoms. The number of rotatable bonds is 5. The maximum atomic E-state index is 11.3. The highest BCUT2D eigenvalue weighted by Gasteiger charge is 2.05. The summed E-state index contributed by atoms with van der Waals surface area (Å²) in [5, 5.41) is 1.10. The molecule has 0 aromatic heterocycles. The number of hydrogen-bond acceptors (Lipinski definition) is 2. The Labute approximate surface area is 111 Å². The maximum absolute atomic E-state index is 11.3. The summed E-state index contributed by atoms with van der Waals surface area (Å²) in [6.07, 6.45) is 1.12. The molecule has 0 atom stereocenters. The molecule has 1 amide bonds. The van der Waals surface area contributed by atoms with Gasteiger partial charge in [0.15, 0.2) is 0 Å². The lowest BCUT2D eigenvalue weighted by molar-refractivity contribution is -0.128. The third-order valence-electron chi connectivity index (χ3n) is 2.18. The van der Waals surface area contributed by atoms with Crippen LogP contribution in [0.15, 0.2) is 18.2 Å². The van der Waals surface area contributed by atoms with Crippen LogP contribution >= 0.6 is 23.2 Å². The third-order valence-corrected chi connectivity index (χ3v) is 2.73. The van der Waals surface area contributed by atoms with E-state index in [1.165, 1.54) is 0 Å². The Bertz CT molecular complexity index is 394. The van der Waals surface area contributed by atoms with Crippen molar-refractivity contribution in [3.8, 4) is 5.75 Å². The summed E-state index contributed by atoms with van der Waals surface area (Å²) < 4.78 is 5.46. The van der Waals surface area contributed by atoms with E-state index in [0.29, 0.717) is 35.2 Å². The molecule has 17 heavy (non-hydrogen) atoms. The number of hydrogen-bond donors (Lipinski definition) is 0. The molecule has 0 aliphatic rings. The zero-order valence-corrected chi connectivity index (χ0v) is 11.4. The van der Waals surface area contributed by atoms with E-state index in [4.69, 9.17) is 27.9 Å². The Hall–Kier alpha value is -0.930. The summed E-state index contributed by atoms with van der Waals surface area (Å²) in [7, 11) is 3.47. The molecule has 0 aliphatic carbocycles. The first-order valence-electron chi connectivity index (χ1n) is 5.28. The zero-order chi connectivity index (χ0) is 12.8. The van der Waals surface area contributed by atoms with Crippen molar-refractivity contribution in [1.82, 2.24) is 4.90 Å². The summed E-state index contributed by atoms with van der Waals surface area (Å²) in [5.74, 6) is 0.641. The highest BCUT2D eigenvalue weighted by atomic mass is 35.5. The average molecular weight is 276 g/mol. The Morgan fingerprint density at radius 2 is 2.06 bits per heavy atom. The van der Waals surface area contributed by atoms with Crippen LogP contribution in [-0.2, 0) is 4.79 Å². The number of halogens is 2. The fourth-order valence-corrected chi connectivity index (χ4v) is 1.55. The van der Waals surface area contributed by atoms with Crippen LogP contribution in [0.2, 0.25) is 10.0 Å². The molecule has 1 aromatic rings. The summed E-state index contributed by atoms with van der Waals surface area (Å²) in [6, 6.07) is 5.05. The minimum absolute atomic E-state index is 0.0887. The molecule has 5 heteroatoms. The van der Waals surface area contributed by atoms with Crippen LogP contribution in [0.5, 0.6) is 5.75 Å². The molecule has 94 valence electrons. The normalized spacial score (nSPS) is 10.1. The van der Waals surface area contributed by atoms with Gasteiger partial charge < -0.3 is 9.64 Å². The number of carbonyl (C=O) groups excluding carboxylic acids is 1. The van der Waals surface area contributed by atoms with E-state index < -0.39 is 0 Å². The lowest BCUT2D eigenvalue weighted by atomic mass is 10.3. The van der Waals surface area contributed by atoms with E-state index >= 15 is 0 Å². The fourth-order valence-electron chi connectivity index (χ4n) is 1.22. The van der Waals surface area contributed by atoms with Crippen molar-refractivity contribution < 1.29 is 9.53 Å². The van der Waals surface area contributed by atoms with E-state index in [0.717, 1.165) is 0 Å². The number of ether oxygens (including phenoxy) is 1. The second-order valence-corrected chi connectivity index (χ2v) is 4.66. The minimum Gasteiger partial charge on any atom is -0.492 e. The van der Waals surface area contributed by atoms with Gasteiger partial charge in [-0.15, -0.1) is 0 Å². The average Bonchev–Trinajstić information content (AvgIpc) is 2.28. The van der Waals surface area contributed by atoms with Crippen molar-refractivity contribution in [3.63, 3.8) is 0 Å². The summed E-state index contributed by atoms with van der Waals surface area (Å²) in [4.78, 5) is 12.9. The molecular weight excluding hydrogens is 261 g/mol. The van der Waals surface area contributed by atoms with Crippen molar-refractivity contribution in [1.29, 1.82) is 0 Å². The lowest BCUT2D eigenvalue weighted by Crippen LogP contribution is -2.21. The third kappa shape index (κ3) is 4.84. The molecule has 0 saturated heterocycles. The molecule has 0 N–H and O–H groups in total. The van der Waals surface area contributed by atoms with Gasteiger partial charge in [-0.1, -0.05) is 23.2 Å². The van der Waals surface area contributed by atoms with E-state index in [2.05, 4.69) is 0 Å². The van der Waals surface area contributed by atoms with Gasteiger partial charge >= 0.3 is 0 Å². The topological polar surface area (TPSA) is 29.5 Å². The molecule has 1 rings (SSSR count). The largest absolute Gasteiger partial charge is 0.492 e. The van der Waals surface area contributed by atoms with Gasteiger partial charge in [-0.05, 0) is 18.6 Å². The van der Waals surface area contributed by atoms with E-state index in [9.17, 15) is 4.79 Å². The van der Waals surface area contributed by atoms with Crippen molar-refractivity contribution >= 4 is 29.1 Å². The van der Waals surface area contributed by atoms with Crippen molar-refractivity contribution in [2.75, 3.05) is 20.7 Å². The maximum Gasteiger partial charge on any atom is 0.222 e.